The Labute approximate surface area is 147 Å². The lowest BCUT2D eigenvalue weighted by molar-refractivity contribution is 0.211. The molecule has 0 radical (unpaired) electrons. The molecule has 3 N–H and O–H groups in total. The summed E-state index contributed by atoms with van der Waals surface area (Å²) in [5.74, 6) is 0.138. The summed E-state index contributed by atoms with van der Waals surface area (Å²) < 4.78 is 27.4. The summed E-state index contributed by atoms with van der Waals surface area (Å²) in [6.45, 7) is 4.21. The monoisotopic (exact) mass is 368 g/mol. The number of nitrogens with one attached hydrogen (secondary N) is 2. The zero-order valence-corrected chi connectivity index (χ0v) is 15.2. The zero-order chi connectivity index (χ0) is 17.7. The van der Waals surface area contributed by atoms with Crippen LogP contribution < -0.4 is 10.0 Å². The van der Waals surface area contributed by atoms with Gasteiger partial charge in [-0.2, -0.15) is 0 Å². The Hall–Kier alpha value is -1.76. The van der Waals surface area contributed by atoms with E-state index in [0.717, 1.165) is 11.1 Å². The second-order valence-electron chi connectivity index (χ2n) is 5.62. The number of aliphatic hydroxyl groups is 1. The fourth-order valence-corrected chi connectivity index (χ4v) is 3.22. The molecule has 0 fully saturated rings. The highest BCUT2D eigenvalue weighted by atomic mass is 35.5. The summed E-state index contributed by atoms with van der Waals surface area (Å²) in [4.78, 5) is 0.171. The van der Waals surface area contributed by atoms with Gasteiger partial charge in [-0.1, -0.05) is 6.07 Å². The first kappa shape index (κ1) is 18.6. The first-order valence-corrected chi connectivity index (χ1v) is 9.51. The Kier molecular flexibility index (Phi) is 6.10. The maximum absolute atomic E-state index is 12.4. The van der Waals surface area contributed by atoms with Crippen LogP contribution in [0.3, 0.4) is 0 Å². The van der Waals surface area contributed by atoms with Crippen molar-refractivity contribution >= 4 is 33.0 Å². The van der Waals surface area contributed by atoms with Gasteiger partial charge in [-0.3, -0.25) is 4.72 Å². The average Bonchev–Trinajstić information content (AvgIpc) is 2.56. The Balaban J connectivity index is 2.10. The Bertz CT molecular complexity index is 792. The third kappa shape index (κ3) is 4.87. The van der Waals surface area contributed by atoms with Crippen molar-refractivity contribution in [1.82, 2.24) is 0 Å². The molecule has 2 aromatic rings. The van der Waals surface area contributed by atoms with Gasteiger partial charge in [0.25, 0.3) is 10.0 Å². The molecule has 0 saturated heterocycles. The van der Waals surface area contributed by atoms with Crippen molar-refractivity contribution in [2.45, 2.75) is 24.8 Å². The van der Waals surface area contributed by atoms with Crippen molar-refractivity contribution in [2.24, 2.45) is 0 Å². The number of anilines is 2. The van der Waals surface area contributed by atoms with Crippen LogP contribution >= 0.6 is 11.6 Å². The lowest BCUT2D eigenvalue weighted by Gasteiger charge is -2.12. The van der Waals surface area contributed by atoms with Gasteiger partial charge in [0.2, 0.25) is 0 Å². The summed E-state index contributed by atoms with van der Waals surface area (Å²) in [7, 11) is -3.64. The standard InChI is InChI=1S/C17H21ClN2O3S/c1-12-3-4-15(9-13(12)2)20-24(22,23)17-7-5-14(6-8-17)19-11-16(21)10-18/h3-9,16,19-21H,10-11H2,1-2H3. The van der Waals surface area contributed by atoms with E-state index in [0.29, 0.717) is 17.9 Å². The molecule has 5 nitrogen and oxygen atoms in total. The predicted molar refractivity (Wildman–Crippen MR) is 98.4 cm³/mol. The minimum absolute atomic E-state index is 0.138. The normalized spacial score (nSPS) is 12.7. The zero-order valence-electron chi connectivity index (χ0n) is 13.6. The molecule has 0 aliphatic heterocycles. The van der Waals surface area contributed by atoms with E-state index in [1.165, 1.54) is 12.1 Å². The molecular formula is C17H21ClN2O3S. The molecule has 2 aromatic carbocycles. The molecule has 0 aliphatic rings. The molecule has 0 amide bonds. The molecule has 24 heavy (non-hydrogen) atoms. The fraction of sp³-hybridized carbons (Fsp3) is 0.294. The molecule has 0 spiro atoms. The highest BCUT2D eigenvalue weighted by Gasteiger charge is 2.14. The summed E-state index contributed by atoms with van der Waals surface area (Å²) >= 11 is 5.52. The van der Waals surface area contributed by atoms with Crippen LogP contribution in [0.15, 0.2) is 47.4 Å². The summed E-state index contributed by atoms with van der Waals surface area (Å²) in [6, 6.07) is 11.7. The van der Waals surface area contributed by atoms with E-state index in [-0.39, 0.29) is 10.8 Å². The third-order valence-electron chi connectivity index (χ3n) is 3.64. The second-order valence-corrected chi connectivity index (χ2v) is 7.61. The van der Waals surface area contributed by atoms with Crippen molar-refractivity contribution in [1.29, 1.82) is 0 Å². The van der Waals surface area contributed by atoms with Gasteiger partial charge in [0.05, 0.1) is 16.9 Å². The minimum Gasteiger partial charge on any atom is -0.390 e. The molecule has 0 bridgehead atoms. The number of hydrogen-bond acceptors (Lipinski definition) is 4. The Morgan fingerprint density at radius 3 is 2.25 bits per heavy atom. The van der Waals surface area contributed by atoms with Gasteiger partial charge in [-0.25, -0.2) is 8.42 Å². The number of sulfonamides is 1. The van der Waals surface area contributed by atoms with Crippen LogP contribution in [0.4, 0.5) is 11.4 Å². The summed E-state index contributed by atoms with van der Waals surface area (Å²) in [5.41, 5.74) is 3.37. The topological polar surface area (TPSA) is 78.4 Å². The van der Waals surface area contributed by atoms with Gasteiger partial charge in [0.1, 0.15) is 0 Å². The minimum atomic E-state index is -3.64. The Morgan fingerprint density at radius 2 is 1.67 bits per heavy atom. The second kappa shape index (κ2) is 7.88. The average molecular weight is 369 g/mol. The predicted octanol–water partition coefficient (Wildman–Crippen LogP) is 3.12. The van der Waals surface area contributed by atoms with Crippen LogP contribution in [0.2, 0.25) is 0 Å². The molecule has 0 aliphatic carbocycles. The van der Waals surface area contributed by atoms with E-state index in [9.17, 15) is 13.5 Å². The molecule has 1 unspecified atom stereocenters. The molecule has 0 saturated carbocycles. The van der Waals surface area contributed by atoms with Gasteiger partial charge in [0.15, 0.2) is 0 Å². The number of rotatable bonds is 7. The number of aryl methyl sites for hydroxylation is 2. The SMILES string of the molecule is Cc1ccc(NS(=O)(=O)c2ccc(NCC(O)CCl)cc2)cc1C. The molecule has 0 heterocycles. The van der Waals surface area contributed by atoms with Crippen LogP contribution in [-0.4, -0.2) is 32.1 Å². The highest BCUT2D eigenvalue weighted by molar-refractivity contribution is 7.92. The number of halogens is 1. The lowest BCUT2D eigenvalue weighted by atomic mass is 10.1. The molecule has 7 heteroatoms. The molecule has 130 valence electrons. The first-order chi connectivity index (χ1) is 11.3. The number of hydrogen-bond donors (Lipinski definition) is 3. The number of benzene rings is 2. The van der Waals surface area contributed by atoms with Gasteiger partial charge < -0.3 is 10.4 Å². The van der Waals surface area contributed by atoms with Crippen LogP contribution in [0, 0.1) is 13.8 Å². The number of aliphatic hydroxyl groups excluding tert-OH is 1. The van der Waals surface area contributed by atoms with E-state index >= 15 is 0 Å². The van der Waals surface area contributed by atoms with Gasteiger partial charge in [0, 0.05) is 17.9 Å². The first-order valence-electron chi connectivity index (χ1n) is 7.50. The van der Waals surface area contributed by atoms with E-state index < -0.39 is 16.1 Å². The molecular weight excluding hydrogens is 348 g/mol. The quantitative estimate of drug-likeness (QED) is 0.656. The van der Waals surface area contributed by atoms with Gasteiger partial charge in [-0.05, 0) is 61.4 Å². The van der Waals surface area contributed by atoms with Gasteiger partial charge >= 0.3 is 0 Å². The lowest BCUT2D eigenvalue weighted by Crippen LogP contribution is -2.20. The Morgan fingerprint density at radius 1 is 1.04 bits per heavy atom. The largest absolute Gasteiger partial charge is 0.390 e. The van der Waals surface area contributed by atoms with Crippen molar-refractivity contribution < 1.29 is 13.5 Å². The van der Waals surface area contributed by atoms with Crippen molar-refractivity contribution in [3.05, 3.63) is 53.6 Å². The van der Waals surface area contributed by atoms with Gasteiger partial charge in [-0.15, -0.1) is 11.6 Å². The van der Waals surface area contributed by atoms with Crippen LogP contribution in [0.5, 0.6) is 0 Å². The van der Waals surface area contributed by atoms with E-state index in [1.54, 1.807) is 24.3 Å². The molecule has 1 atom stereocenters. The van der Waals surface area contributed by atoms with E-state index in [1.807, 2.05) is 19.9 Å². The summed E-state index contributed by atoms with van der Waals surface area (Å²) in [5, 5.41) is 12.4. The summed E-state index contributed by atoms with van der Waals surface area (Å²) in [6.07, 6.45) is -0.651. The maximum Gasteiger partial charge on any atom is 0.261 e. The van der Waals surface area contributed by atoms with E-state index in [4.69, 9.17) is 11.6 Å². The van der Waals surface area contributed by atoms with Crippen LogP contribution in [-0.2, 0) is 10.0 Å². The van der Waals surface area contributed by atoms with Crippen molar-refractivity contribution in [3.63, 3.8) is 0 Å². The van der Waals surface area contributed by atoms with E-state index in [2.05, 4.69) is 10.0 Å². The molecule has 2 rings (SSSR count). The van der Waals surface area contributed by atoms with Crippen LogP contribution in [0.25, 0.3) is 0 Å². The number of alkyl halides is 1. The van der Waals surface area contributed by atoms with Crippen LogP contribution in [0.1, 0.15) is 11.1 Å². The highest BCUT2D eigenvalue weighted by Crippen LogP contribution is 2.20. The van der Waals surface area contributed by atoms with Crippen molar-refractivity contribution in [3.8, 4) is 0 Å². The molecule has 0 aromatic heterocycles. The fourth-order valence-electron chi connectivity index (χ4n) is 2.06. The third-order valence-corrected chi connectivity index (χ3v) is 5.40. The smallest absolute Gasteiger partial charge is 0.261 e. The van der Waals surface area contributed by atoms with Crippen molar-refractivity contribution in [2.75, 3.05) is 22.5 Å². The maximum atomic E-state index is 12.4.